The first-order chi connectivity index (χ1) is 16.8. The molecule has 3 aliphatic rings. The summed E-state index contributed by atoms with van der Waals surface area (Å²) in [4.78, 5) is 28.2. The van der Waals surface area contributed by atoms with Crippen molar-refractivity contribution >= 4 is 23.8 Å². The number of aliphatic hydroxyl groups is 2. The van der Waals surface area contributed by atoms with E-state index in [1.54, 1.807) is 18.9 Å². The highest BCUT2D eigenvalue weighted by Gasteiger charge is 2.60. The van der Waals surface area contributed by atoms with Crippen molar-refractivity contribution in [3.8, 4) is 11.1 Å². The topological polar surface area (TPSA) is 90.3 Å². The van der Waals surface area contributed by atoms with Gasteiger partial charge in [-0.1, -0.05) is 43.3 Å². The van der Waals surface area contributed by atoms with Crippen LogP contribution in [0.3, 0.4) is 0 Å². The van der Waals surface area contributed by atoms with E-state index >= 15 is 0 Å². The Bertz CT molecular complexity index is 1200. The van der Waals surface area contributed by atoms with E-state index in [1.807, 2.05) is 25.1 Å². The summed E-state index contributed by atoms with van der Waals surface area (Å²) in [7, 11) is 1.33. The Balaban J connectivity index is 1.44. The van der Waals surface area contributed by atoms with Crippen LogP contribution in [0.2, 0.25) is 0 Å². The second-order valence-electron chi connectivity index (χ2n) is 9.47. The van der Waals surface area contributed by atoms with E-state index in [9.17, 15) is 19.8 Å². The van der Waals surface area contributed by atoms with Crippen LogP contribution in [0, 0.1) is 11.8 Å². The first kappa shape index (κ1) is 24.1. The summed E-state index contributed by atoms with van der Waals surface area (Å²) in [6.07, 6.45) is -0.188. The van der Waals surface area contributed by atoms with Crippen molar-refractivity contribution < 1.29 is 24.5 Å². The Morgan fingerprint density at radius 2 is 2.00 bits per heavy atom. The molecule has 3 heterocycles. The van der Waals surface area contributed by atoms with Crippen molar-refractivity contribution in [2.24, 2.45) is 11.8 Å². The number of ether oxygens (including phenoxy) is 1. The number of esters is 1. The largest absolute Gasteiger partial charge is 0.464 e. The monoisotopic (exact) mass is 494 g/mol. The van der Waals surface area contributed by atoms with Gasteiger partial charge in [-0.15, -0.1) is 0 Å². The normalized spacial score (nSPS) is 24.3. The van der Waals surface area contributed by atoms with Gasteiger partial charge in [0.1, 0.15) is 5.70 Å². The van der Waals surface area contributed by atoms with Crippen molar-refractivity contribution in [1.29, 1.82) is 0 Å². The van der Waals surface area contributed by atoms with Crippen molar-refractivity contribution in [3.05, 3.63) is 64.9 Å². The van der Waals surface area contributed by atoms with Gasteiger partial charge in [0, 0.05) is 30.5 Å². The lowest BCUT2D eigenvalue weighted by atomic mass is 9.78. The number of carbonyl (C=O) groups is 2. The Kier molecular flexibility index (Phi) is 6.48. The van der Waals surface area contributed by atoms with E-state index in [0.29, 0.717) is 25.2 Å². The van der Waals surface area contributed by atoms with Crippen molar-refractivity contribution in [2.45, 2.75) is 43.9 Å². The minimum absolute atomic E-state index is 0.0597. The number of hydrogen-bond acceptors (Lipinski definition) is 7. The molecule has 0 radical (unpaired) electrons. The van der Waals surface area contributed by atoms with Gasteiger partial charge in [0.05, 0.1) is 25.2 Å². The van der Waals surface area contributed by atoms with E-state index in [2.05, 4.69) is 28.6 Å². The number of fused-ring (bicyclic) bond motifs is 2. The Morgan fingerprint density at radius 1 is 1.26 bits per heavy atom. The number of benzene rings is 2. The van der Waals surface area contributed by atoms with Gasteiger partial charge in [-0.3, -0.25) is 4.79 Å². The zero-order valence-electron chi connectivity index (χ0n) is 20.1. The number of β-lactam (4-membered cyclic amide) rings is 1. The lowest BCUT2D eigenvalue weighted by molar-refractivity contribution is -0.163. The van der Waals surface area contributed by atoms with Crippen molar-refractivity contribution in [1.82, 2.24) is 9.21 Å². The molecule has 4 unspecified atom stereocenters. The molecule has 8 heteroatoms. The van der Waals surface area contributed by atoms with Crippen LogP contribution in [0.15, 0.2) is 58.6 Å². The minimum Gasteiger partial charge on any atom is -0.464 e. The molecule has 2 N–H and O–H groups in total. The van der Waals surface area contributed by atoms with Gasteiger partial charge in [-0.05, 0) is 59.2 Å². The number of methoxy groups -OCH3 is 1. The van der Waals surface area contributed by atoms with Gasteiger partial charge in [0.15, 0.2) is 0 Å². The highest BCUT2D eigenvalue weighted by atomic mass is 32.2. The molecule has 3 aliphatic heterocycles. The molecule has 1 fully saturated rings. The van der Waals surface area contributed by atoms with Crippen LogP contribution >= 0.6 is 11.9 Å². The lowest BCUT2D eigenvalue weighted by Crippen LogP contribution is -2.63. The molecule has 0 aliphatic carbocycles. The Morgan fingerprint density at radius 3 is 2.66 bits per heavy atom. The second-order valence-corrected chi connectivity index (χ2v) is 10.6. The predicted octanol–water partition coefficient (Wildman–Crippen LogP) is 3.00. The average Bonchev–Trinajstić information content (AvgIpc) is 3.34. The average molecular weight is 495 g/mol. The van der Waals surface area contributed by atoms with Crippen molar-refractivity contribution in [2.75, 3.05) is 20.3 Å². The SMILES string of the molecule is COC(=O)C1=C(CN2Cc3cc(CCO)c(-c4ccccc4)cc3S2)C(C)C2C(C(C)O)C(=O)N12. The first-order valence-electron chi connectivity index (χ1n) is 11.9. The molecule has 5 rings (SSSR count). The number of aliphatic hydroxyl groups excluding tert-OH is 2. The van der Waals surface area contributed by atoms with E-state index in [4.69, 9.17) is 4.74 Å². The maximum atomic E-state index is 12.8. The molecule has 2 aromatic carbocycles. The molecule has 1 saturated heterocycles. The van der Waals surface area contributed by atoms with Gasteiger partial charge in [-0.25, -0.2) is 9.10 Å². The van der Waals surface area contributed by atoms with Crippen LogP contribution in [0.25, 0.3) is 11.1 Å². The van der Waals surface area contributed by atoms with Gasteiger partial charge >= 0.3 is 5.97 Å². The summed E-state index contributed by atoms with van der Waals surface area (Å²) in [5.74, 6) is -1.29. The van der Waals surface area contributed by atoms with Crippen molar-refractivity contribution in [3.63, 3.8) is 0 Å². The number of nitrogens with zero attached hydrogens (tertiary/aromatic N) is 2. The lowest BCUT2D eigenvalue weighted by Gasteiger charge is -2.46. The molecule has 0 bridgehead atoms. The van der Waals surface area contributed by atoms with Gasteiger partial charge < -0.3 is 19.8 Å². The zero-order valence-corrected chi connectivity index (χ0v) is 20.9. The van der Waals surface area contributed by atoms with Crippen LogP contribution in [0.1, 0.15) is 25.0 Å². The van der Waals surface area contributed by atoms with Gasteiger partial charge in [0.25, 0.3) is 0 Å². The number of carbonyl (C=O) groups excluding carboxylic acids is 2. The third-order valence-electron chi connectivity index (χ3n) is 7.37. The maximum absolute atomic E-state index is 12.8. The summed E-state index contributed by atoms with van der Waals surface area (Å²) < 4.78 is 7.24. The van der Waals surface area contributed by atoms with Gasteiger partial charge in [-0.2, -0.15) is 0 Å². The molecule has 0 spiro atoms. The fourth-order valence-corrected chi connectivity index (χ4v) is 6.77. The third-order valence-corrected chi connectivity index (χ3v) is 8.46. The summed E-state index contributed by atoms with van der Waals surface area (Å²) in [5.41, 5.74) is 5.73. The highest BCUT2D eigenvalue weighted by molar-refractivity contribution is 7.97. The molecular formula is C27H30N2O5S. The molecule has 35 heavy (non-hydrogen) atoms. The smallest absolute Gasteiger partial charge is 0.354 e. The molecule has 184 valence electrons. The minimum atomic E-state index is -0.767. The second kappa shape index (κ2) is 9.43. The number of rotatable bonds is 7. The molecule has 1 amide bonds. The highest BCUT2D eigenvalue weighted by Crippen LogP contribution is 2.49. The van der Waals surface area contributed by atoms with E-state index in [1.165, 1.54) is 17.6 Å². The predicted molar refractivity (Wildman–Crippen MR) is 133 cm³/mol. The quantitative estimate of drug-likeness (QED) is 0.347. The molecular weight excluding hydrogens is 464 g/mol. The summed E-state index contributed by atoms with van der Waals surface area (Å²) in [6.45, 7) is 4.93. The van der Waals surface area contributed by atoms with E-state index in [0.717, 1.165) is 27.2 Å². The molecule has 0 aromatic heterocycles. The fraction of sp³-hybridized carbons (Fsp3) is 0.407. The molecule has 2 aromatic rings. The van der Waals surface area contributed by atoms with E-state index in [-0.39, 0.29) is 24.5 Å². The summed E-state index contributed by atoms with van der Waals surface area (Å²) in [6, 6.07) is 14.3. The number of amides is 1. The van der Waals surface area contributed by atoms with E-state index < -0.39 is 18.0 Å². The molecule has 4 atom stereocenters. The fourth-order valence-electron chi connectivity index (χ4n) is 5.68. The maximum Gasteiger partial charge on any atom is 0.354 e. The molecule has 0 saturated carbocycles. The van der Waals surface area contributed by atoms with Gasteiger partial charge in [0.2, 0.25) is 5.91 Å². The Labute approximate surface area is 209 Å². The zero-order chi connectivity index (χ0) is 24.9. The van der Waals surface area contributed by atoms with Crippen LogP contribution < -0.4 is 0 Å². The number of hydrogen-bond donors (Lipinski definition) is 2. The molecule has 7 nitrogen and oxygen atoms in total. The Hall–Kier alpha value is -2.65. The summed E-state index contributed by atoms with van der Waals surface area (Å²) in [5, 5.41) is 19.8. The first-order valence-corrected chi connectivity index (χ1v) is 12.7. The van der Waals surface area contributed by atoms with Crippen LogP contribution in [-0.4, -0.2) is 63.7 Å². The standard InChI is InChI=1S/C27H30N2O5S/c1-15-21(25(27(33)34-3)29-24(15)23(16(2)31)26(29)32)14-28-13-19-11-18(9-10-30)20(12-22(19)35-28)17-7-5-4-6-8-17/h4-8,11-12,15-16,23-24,30-31H,9-10,13-14H2,1-3H3. The summed E-state index contributed by atoms with van der Waals surface area (Å²) >= 11 is 1.64. The van der Waals surface area contributed by atoms with Crippen LogP contribution in [0.4, 0.5) is 0 Å². The van der Waals surface area contributed by atoms with Crippen LogP contribution in [0.5, 0.6) is 0 Å². The third kappa shape index (κ3) is 3.98. The van der Waals surface area contributed by atoms with Crippen LogP contribution in [-0.2, 0) is 27.3 Å².